The van der Waals surface area contributed by atoms with E-state index in [-0.39, 0.29) is 16.3 Å². The van der Waals surface area contributed by atoms with Crippen LogP contribution in [0.3, 0.4) is 0 Å². The third kappa shape index (κ3) is 3.71. The molecule has 10 heteroatoms. The van der Waals surface area contributed by atoms with Crippen molar-refractivity contribution in [2.24, 2.45) is 7.05 Å². The number of nitrogens with one attached hydrogen (secondary N) is 2. The van der Waals surface area contributed by atoms with Crippen LogP contribution in [0, 0.1) is 10.1 Å². The summed E-state index contributed by atoms with van der Waals surface area (Å²) in [5.41, 5.74) is 1.79. The van der Waals surface area contributed by atoms with Crippen molar-refractivity contribution in [2.75, 3.05) is 12.4 Å². The summed E-state index contributed by atoms with van der Waals surface area (Å²) in [6, 6.07) is 3.76. The highest BCUT2D eigenvalue weighted by atomic mass is 32.2. The molecule has 0 aliphatic rings. The molecule has 1 aromatic carbocycles. The first-order valence-corrected chi connectivity index (χ1v) is 8.74. The first-order chi connectivity index (χ1) is 11.3. The number of hydrogen-bond donors (Lipinski definition) is 2. The number of hydrogen-bond acceptors (Lipinski definition) is 6. The van der Waals surface area contributed by atoms with Crippen LogP contribution < -0.4 is 10.0 Å². The number of anilines is 1. The fraction of sp³-hybridized carbons (Fsp3) is 0.357. The van der Waals surface area contributed by atoms with Crippen molar-refractivity contribution in [2.45, 2.75) is 24.8 Å². The molecule has 0 aliphatic carbocycles. The molecule has 0 saturated carbocycles. The van der Waals surface area contributed by atoms with Gasteiger partial charge in [-0.15, -0.1) is 0 Å². The largest absolute Gasteiger partial charge is 0.375 e. The van der Waals surface area contributed by atoms with E-state index < -0.39 is 14.9 Å². The van der Waals surface area contributed by atoms with Crippen molar-refractivity contribution in [3.63, 3.8) is 0 Å². The van der Waals surface area contributed by atoms with Crippen molar-refractivity contribution in [1.29, 1.82) is 0 Å². The number of aromatic nitrogens is 2. The monoisotopic (exact) mass is 353 g/mol. The van der Waals surface area contributed by atoms with Gasteiger partial charge >= 0.3 is 0 Å². The van der Waals surface area contributed by atoms with Gasteiger partial charge in [-0.05, 0) is 25.6 Å². The zero-order chi connectivity index (χ0) is 17.9. The van der Waals surface area contributed by atoms with Gasteiger partial charge in [-0.1, -0.05) is 6.92 Å². The standard InChI is InChI=1S/C14H19N5O4S/c1-4-12-10(9-18(3)17-12)8-16-13-6-5-11(24(22,23)15-2)7-14(13)19(20)21/h5-7,9,15-16H,4,8H2,1-3H3. The van der Waals surface area contributed by atoms with E-state index in [0.29, 0.717) is 6.54 Å². The van der Waals surface area contributed by atoms with E-state index in [9.17, 15) is 18.5 Å². The van der Waals surface area contributed by atoms with E-state index in [1.807, 2.05) is 20.2 Å². The Balaban J connectivity index is 2.31. The van der Waals surface area contributed by atoms with Crippen LogP contribution in [-0.2, 0) is 30.0 Å². The summed E-state index contributed by atoms with van der Waals surface area (Å²) in [6.07, 6.45) is 2.59. The summed E-state index contributed by atoms with van der Waals surface area (Å²) in [5, 5.41) is 18.6. The average molecular weight is 353 g/mol. The zero-order valence-electron chi connectivity index (χ0n) is 13.6. The Bertz CT molecular complexity index is 860. The molecule has 0 fully saturated rings. The van der Waals surface area contributed by atoms with Gasteiger partial charge in [-0.3, -0.25) is 14.8 Å². The number of aryl methyl sites for hydroxylation is 2. The molecule has 0 saturated heterocycles. The zero-order valence-corrected chi connectivity index (χ0v) is 14.4. The van der Waals surface area contributed by atoms with Crippen molar-refractivity contribution in [1.82, 2.24) is 14.5 Å². The summed E-state index contributed by atoms with van der Waals surface area (Å²) in [7, 11) is -0.681. The van der Waals surface area contributed by atoms with Crippen LogP contribution in [0.25, 0.3) is 0 Å². The lowest BCUT2D eigenvalue weighted by Crippen LogP contribution is -2.18. The van der Waals surface area contributed by atoms with Gasteiger partial charge < -0.3 is 5.32 Å². The van der Waals surface area contributed by atoms with Crippen LogP contribution in [0.1, 0.15) is 18.2 Å². The predicted octanol–water partition coefficient (Wildman–Crippen LogP) is 1.41. The van der Waals surface area contributed by atoms with Gasteiger partial charge in [0.1, 0.15) is 5.69 Å². The van der Waals surface area contributed by atoms with Gasteiger partial charge in [-0.2, -0.15) is 5.10 Å². The molecule has 0 radical (unpaired) electrons. The van der Waals surface area contributed by atoms with Gasteiger partial charge in [-0.25, -0.2) is 13.1 Å². The molecule has 0 aliphatic heterocycles. The third-order valence-corrected chi connectivity index (χ3v) is 4.95. The van der Waals surface area contributed by atoms with E-state index in [1.54, 1.807) is 4.68 Å². The molecule has 9 nitrogen and oxygen atoms in total. The number of benzene rings is 1. The normalized spacial score (nSPS) is 11.5. The Morgan fingerprint density at radius 3 is 2.67 bits per heavy atom. The molecule has 130 valence electrons. The van der Waals surface area contributed by atoms with E-state index >= 15 is 0 Å². The molecular formula is C14H19N5O4S. The Morgan fingerprint density at radius 1 is 1.38 bits per heavy atom. The van der Waals surface area contributed by atoms with Gasteiger partial charge in [0.2, 0.25) is 10.0 Å². The fourth-order valence-electron chi connectivity index (χ4n) is 2.32. The summed E-state index contributed by atoms with van der Waals surface area (Å²) in [6.45, 7) is 2.33. The number of rotatable bonds is 7. The van der Waals surface area contributed by atoms with Crippen molar-refractivity contribution in [3.8, 4) is 0 Å². The predicted molar refractivity (Wildman–Crippen MR) is 89.3 cm³/mol. The number of nitrogens with zero attached hydrogens (tertiary/aromatic N) is 3. The maximum absolute atomic E-state index is 11.8. The molecular weight excluding hydrogens is 334 g/mol. The minimum atomic E-state index is -3.74. The second-order valence-corrected chi connectivity index (χ2v) is 7.01. The Kier molecular flexibility index (Phi) is 5.20. The van der Waals surface area contributed by atoms with Crippen LogP contribution in [0.5, 0.6) is 0 Å². The lowest BCUT2D eigenvalue weighted by atomic mass is 10.2. The van der Waals surface area contributed by atoms with Crippen molar-refractivity contribution >= 4 is 21.4 Å². The minimum absolute atomic E-state index is 0.155. The molecule has 0 atom stereocenters. The fourth-order valence-corrected chi connectivity index (χ4v) is 3.07. The second kappa shape index (κ2) is 6.97. The van der Waals surface area contributed by atoms with Crippen LogP contribution in [0.15, 0.2) is 29.3 Å². The maximum atomic E-state index is 11.8. The molecule has 0 unspecified atom stereocenters. The number of nitro benzene ring substituents is 1. The summed E-state index contributed by atoms with van der Waals surface area (Å²) >= 11 is 0. The van der Waals surface area contributed by atoms with Crippen LogP contribution in [0.2, 0.25) is 0 Å². The Hall–Kier alpha value is -2.46. The SMILES string of the molecule is CCc1nn(C)cc1CNc1ccc(S(=O)(=O)NC)cc1[N+](=O)[O-]. The first kappa shape index (κ1) is 17.9. The molecule has 0 bridgehead atoms. The second-order valence-electron chi connectivity index (χ2n) is 5.13. The highest BCUT2D eigenvalue weighted by molar-refractivity contribution is 7.89. The topological polar surface area (TPSA) is 119 Å². The Morgan fingerprint density at radius 2 is 2.08 bits per heavy atom. The van der Waals surface area contributed by atoms with E-state index in [4.69, 9.17) is 0 Å². The van der Waals surface area contributed by atoms with Crippen LogP contribution >= 0.6 is 0 Å². The van der Waals surface area contributed by atoms with E-state index in [1.165, 1.54) is 19.2 Å². The van der Waals surface area contributed by atoms with Gasteiger partial charge in [0.05, 0.1) is 15.5 Å². The summed E-state index contributed by atoms with van der Waals surface area (Å²) in [4.78, 5) is 10.5. The van der Waals surface area contributed by atoms with Crippen molar-refractivity contribution < 1.29 is 13.3 Å². The van der Waals surface area contributed by atoms with E-state index in [2.05, 4.69) is 15.1 Å². The number of sulfonamides is 1. The lowest BCUT2D eigenvalue weighted by Gasteiger charge is -2.09. The van der Waals surface area contributed by atoms with Gasteiger partial charge in [0.15, 0.2) is 0 Å². The van der Waals surface area contributed by atoms with Gasteiger partial charge in [0, 0.05) is 31.4 Å². The van der Waals surface area contributed by atoms with E-state index in [0.717, 1.165) is 23.7 Å². The molecule has 1 aromatic heterocycles. The molecule has 2 rings (SSSR count). The number of nitro groups is 1. The maximum Gasteiger partial charge on any atom is 0.293 e. The van der Waals surface area contributed by atoms with Gasteiger partial charge in [0.25, 0.3) is 5.69 Å². The molecule has 24 heavy (non-hydrogen) atoms. The quantitative estimate of drug-likeness (QED) is 0.574. The highest BCUT2D eigenvalue weighted by Gasteiger charge is 2.20. The van der Waals surface area contributed by atoms with Crippen molar-refractivity contribution in [3.05, 3.63) is 45.8 Å². The molecule has 0 spiro atoms. The molecule has 0 amide bonds. The average Bonchev–Trinajstić information content (AvgIpc) is 2.92. The molecule has 2 N–H and O–H groups in total. The van der Waals surface area contributed by atoms with Crippen LogP contribution in [0.4, 0.5) is 11.4 Å². The lowest BCUT2D eigenvalue weighted by molar-refractivity contribution is -0.384. The molecule has 1 heterocycles. The highest BCUT2D eigenvalue weighted by Crippen LogP contribution is 2.28. The van der Waals surface area contributed by atoms with Crippen LogP contribution in [-0.4, -0.2) is 30.2 Å². The first-order valence-electron chi connectivity index (χ1n) is 7.25. The summed E-state index contributed by atoms with van der Waals surface area (Å²) < 4.78 is 27.4. The molecule has 2 aromatic rings. The minimum Gasteiger partial charge on any atom is -0.375 e. The summed E-state index contributed by atoms with van der Waals surface area (Å²) in [5.74, 6) is 0. The Labute approximate surface area is 139 Å². The smallest absolute Gasteiger partial charge is 0.293 e. The third-order valence-electron chi connectivity index (χ3n) is 3.54.